The van der Waals surface area contributed by atoms with E-state index in [2.05, 4.69) is 10.2 Å². The van der Waals surface area contributed by atoms with Gasteiger partial charge in [0.05, 0.1) is 45.6 Å². The molecule has 0 aliphatic rings. The smallest absolute Gasteiger partial charge is 0.858 e. The minimum Gasteiger partial charge on any atom is -0.858 e. The molecule has 0 saturated carbocycles. The molecule has 9 heteroatoms. The topological polar surface area (TPSA) is 106 Å². The molecule has 0 aliphatic carbocycles. The molecule has 1 radical (unpaired) electrons. The van der Waals surface area contributed by atoms with Crippen molar-refractivity contribution in [2.24, 2.45) is 9.98 Å². The molecule has 2 heterocycles. The monoisotopic (exact) mass is 791 g/mol. The first-order valence-electron chi connectivity index (χ1n) is 18.3. The van der Waals surface area contributed by atoms with E-state index in [0.717, 1.165) is 45.0 Å². The second kappa shape index (κ2) is 18.2. The molecule has 6 aromatic carbocycles. The fraction of sp³-hybridized carbons (Fsp3) is 0.0833. The molecule has 0 fully saturated rings. The van der Waals surface area contributed by atoms with E-state index in [1.54, 1.807) is 0 Å². The number of aryl methyl sites for hydroxylation is 4. The number of rotatable bonds is 8. The molecule has 2 aromatic heterocycles. The largest absolute Gasteiger partial charge is 2.00 e. The summed E-state index contributed by atoms with van der Waals surface area (Å²) in [5.74, 6) is -0.335. The molecule has 8 aromatic rings. The Morgan fingerprint density at radius 2 is 0.772 bits per heavy atom. The fourth-order valence-corrected chi connectivity index (χ4v) is 6.42. The zero-order valence-corrected chi connectivity index (χ0v) is 33.0. The predicted molar refractivity (Wildman–Crippen MR) is 221 cm³/mol. The second-order valence-corrected chi connectivity index (χ2v) is 13.4. The van der Waals surface area contributed by atoms with Crippen molar-refractivity contribution in [1.82, 2.24) is 19.6 Å². The summed E-state index contributed by atoms with van der Waals surface area (Å²) in [7, 11) is 0. The number of aliphatic imine (C=N–C) groups is 2. The van der Waals surface area contributed by atoms with E-state index in [0.29, 0.717) is 33.9 Å². The first-order valence-corrected chi connectivity index (χ1v) is 18.3. The summed E-state index contributed by atoms with van der Waals surface area (Å²) < 4.78 is 2.89. The predicted octanol–water partition coefficient (Wildman–Crippen LogP) is 9.46. The molecule has 0 N–H and O–H groups in total. The van der Waals surface area contributed by atoms with Crippen molar-refractivity contribution in [2.45, 2.75) is 27.7 Å². The second-order valence-electron chi connectivity index (χ2n) is 13.4. The summed E-state index contributed by atoms with van der Waals surface area (Å²) >= 11 is 0. The first-order chi connectivity index (χ1) is 27.3. The van der Waals surface area contributed by atoms with E-state index in [1.165, 1.54) is 9.36 Å². The summed E-state index contributed by atoms with van der Waals surface area (Å²) in [6.07, 6.45) is 0. The zero-order valence-electron chi connectivity index (χ0n) is 32.0. The molecule has 57 heavy (non-hydrogen) atoms. The van der Waals surface area contributed by atoms with E-state index in [4.69, 9.17) is 9.98 Å². The summed E-state index contributed by atoms with van der Waals surface area (Å²) in [6.45, 7) is 7.76. The van der Waals surface area contributed by atoms with Gasteiger partial charge in [0.15, 0.2) is 0 Å². The molecule has 8 rings (SSSR count). The Kier molecular flexibility index (Phi) is 12.7. The van der Waals surface area contributed by atoms with Gasteiger partial charge in [-0.15, -0.1) is 0 Å². The van der Waals surface area contributed by atoms with Crippen molar-refractivity contribution in [3.63, 3.8) is 0 Å². The summed E-state index contributed by atoms with van der Waals surface area (Å²) in [5, 5.41) is 35.6. The quantitative estimate of drug-likeness (QED) is 0.143. The van der Waals surface area contributed by atoms with Gasteiger partial charge in [0.2, 0.25) is 0 Å². The van der Waals surface area contributed by atoms with Gasteiger partial charge in [0.1, 0.15) is 0 Å². The van der Waals surface area contributed by atoms with Gasteiger partial charge in [-0.25, -0.2) is 19.3 Å². The Labute approximate surface area is 343 Å². The Balaban J connectivity index is 0.000000189. The molecule has 283 valence electrons. The number of nitrogens with zero attached hydrogens (tertiary/aromatic N) is 6. The summed E-state index contributed by atoms with van der Waals surface area (Å²) in [4.78, 5) is 9.70. The summed E-state index contributed by atoms with van der Waals surface area (Å²) in [5.41, 5.74) is 10.7. The third-order valence-corrected chi connectivity index (χ3v) is 9.09. The number of para-hydroxylation sites is 2. The molecule has 8 nitrogen and oxygen atoms in total. The SMILES string of the molecule is Cc1cccc(N=C(c2ccccc2)c2c(C)nn(-c3ccccc3)c2[O-])c1.Cc1cccc(N=C(c2ccccc2)c2c(C)nn(-c3ccccc3)c2[O-])c1.[Co+2]. The number of hydrogen-bond donors (Lipinski definition) is 0. The van der Waals surface area contributed by atoms with Crippen molar-refractivity contribution in [1.29, 1.82) is 0 Å². The van der Waals surface area contributed by atoms with Crippen LogP contribution in [0.3, 0.4) is 0 Å². The molecule has 0 saturated heterocycles. The Hall–Kier alpha value is -6.81. The van der Waals surface area contributed by atoms with Crippen molar-refractivity contribution < 1.29 is 27.0 Å². The van der Waals surface area contributed by atoms with E-state index in [1.807, 2.05) is 198 Å². The van der Waals surface area contributed by atoms with Crippen molar-refractivity contribution in [2.75, 3.05) is 0 Å². The van der Waals surface area contributed by atoms with Crippen LogP contribution in [0.15, 0.2) is 180 Å². The molecule has 0 bridgehead atoms. The minimum atomic E-state index is -0.168. The third kappa shape index (κ3) is 9.19. The average molecular weight is 792 g/mol. The molecular weight excluding hydrogens is 752 g/mol. The van der Waals surface area contributed by atoms with Gasteiger partial charge in [0.25, 0.3) is 0 Å². The molecule has 0 aliphatic heterocycles. The normalized spacial score (nSPS) is 11.4. The van der Waals surface area contributed by atoms with Crippen molar-refractivity contribution in [3.8, 4) is 23.1 Å². The van der Waals surface area contributed by atoms with Crippen LogP contribution in [0.1, 0.15) is 44.8 Å². The van der Waals surface area contributed by atoms with Gasteiger partial charge in [-0.3, -0.25) is 0 Å². The Morgan fingerprint density at radius 3 is 1.11 bits per heavy atom. The number of benzene rings is 6. The van der Waals surface area contributed by atoms with Crippen LogP contribution in [0.5, 0.6) is 11.8 Å². The molecular formula is C48H40CoN6O2. The average Bonchev–Trinajstić information content (AvgIpc) is 3.69. The van der Waals surface area contributed by atoms with Gasteiger partial charge < -0.3 is 10.2 Å². The Bertz CT molecular complexity index is 2450. The maximum absolute atomic E-state index is 13.3. The summed E-state index contributed by atoms with van der Waals surface area (Å²) in [6, 6.07) is 54.3. The van der Waals surface area contributed by atoms with Crippen molar-refractivity contribution in [3.05, 3.63) is 215 Å². The number of hydrogen-bond acceptors (Lipinski definition) is 6. The van der Waals surface area contributed by atoms with Gasteiger partial charge in [-0.2, -0.15) is 10.2 Å². The van der Waals surface area contributed by atoms with E-state index < -0.39 is 0 Å². The third-order valence-electron chi connectivity index (χ3n) is 9.09. The molecule has 0 spiro atoms. The van der Waals surface area contributed by atoms with Crippen LogP contribution in [0.4, 0.5) is 11.4 Å². The first kappa shape index (κ1) is 39.9. The van der Waals surface area contributed by atoms with Gasteiger partial charge >= 0.3 is 16.8 Å². The van der Waals surface area contributed by atoms with E-state index in [9.17, 15) is 10.2 Å². The Morgan fingerprint density at radius 1 is 0.439 bits per heavy atom. The molecule has 0 amide bonds. The van der Waals surface area contributed by atoms with E-state index in [-0.39, 0.29) is 28.5 Å². The van der Waals surface area contributed by atoms with Crippen LogP contribution < -0.4 is 10.2 Å². The zero-order chi connectivity index (χ0) is 39.0. The maximum Gasteiger partial charge on any atom is 2.00 e. The van der Waals surface area contributed by atoms with Crippen LogP contribution in [-0.2, 0) is 16.8 Å². The van der Waals surface area contributed by atoms with Crippen LogP contribution >= 0.6 is 0 Å². The number of aromatic nitrogens is 4. The van der Waals surface area contributed by atoms with Crippen LogP contribution in [0.25, 0.3) is 11.4 Å². The van der Waals surface area contributed by atoms with E-state index >= 15 is 0 Å². The standard InChI is InChI=1S/2C24H21N3O.Co/c2*1-17-10-9-13-20(16-17)25-23(19-11-5-3-6-12-19)22-18(2)26-27(24(22)28)21-14-7-4-8-15-21;/h2*3-16,28H,1-2H3;/q;;+2/p-2. The van der Waals surface area contributed by atoms with Gasteiger partial charge in [0, 0.05) is 34.0 Å². The molecule has 0 unspecified atom stereocenters. The van der Waals surface area contributed by atoms with Crippen molar-refractivity contribution >= 4 is 22.8 Å². The van der Waals surface area contributed by atoms with Crippen LogP contribution in [-0.4, -0.2) is 31.0 Å². The molecule has 0 atom stereocenters. The van der Waals surface area contributed by atoms with Gasteiger partial charge in [-0.1, -0.05) is 121 Å². The maximum atomic E-state index is 13.3. The minimum absolute atomic E-state index is 0. The van der Waals surface area contributed by atoms with Crippen LogP contribution in [0.2, 0.25) is 0 Å². The van der Waals surface area contributed by atoms with Gasteiger partial charge in [-0.05, 0) is 87.4 Å². The van der Waals surface area contributed by atoms with Crippen LogP contribution in [0, 0.1) is 27.7 Å². The fourth-order valence-electron chi connectivity index (χ4n) is 6.42.